The van der Waals surface area contributed by atoms with Crippen LogP contribution in [0, 0.1) is 5.82 Å². The molecule has 2 rings (SSSR count). The Morgan fingerprint density at radius 1 is 1.43 bits per heavy atom. The number of hydrogen-bond donors (Lipinski definition) is 2. The first-order chi connectivity index (χ1) is 9.84. The van der Waals surface area contributed by atoms with E-state index in [-0.39, 0.29) is 5.69 Å². The van der Waals surface area contributed by atoms with Gasteiger partial charge in [0.2, 0.25) is 0 Å². The van der Waals surface area contributed by atoms with Crippen molar-refractivity contribution in [2.24, 2.45) is 0 Å². The summed E-state index contributed by atoms with van der Waals surface area (Å²) in [6.07, 6.45) is 1.91. The maximum absolute atomic E-state index is 13.2. The normalized spacial score (nSPS) is 22.0. The number of carboxylic acids is 1. The average molecular weight is 359 g/mol. The number of anilines is 1. The summed E-state index contributed by atoms with van der Waals surface area (Å²) in [7, 11) is 0. The van der Waals surface area contributed by atoms with Crippen LogP contribution in [-0.4, -0.2) is 34.1 Å². The lowest BCUT2D eigenvalue weighted by molar-refractivity contribution is -0.150. The third kappa shape index (κ3) is 3.18. The van der Waals surface area contributed by atoms with Crippen molar-refractivity contribution in [2.75, 3.05) is 11.9 Å². The molecule has 0 radical (unpaired) electrons. The predicted octanol–water partition coefficient (Wildman–Crippen LogP) is 3.45. The van der Waals surface area contributed by atoms with Crippen LogP contribution in [-0.2, 0) is 4.79 Å². The van der Waals surface area contributed by atoms with E-state index in [9.17, 15) is 19.1 Å². The van der Waals surface area contributed by atoms with Crippen molar-refractivity contribution < 1.29 is 19.1 Å². The number of piperidine rings is 1. The quantitative estimate of drug-likeness (QED) is 0.850. The minimum atomic E-state index is -1.23. The number of carboxylic acid groups (broad SMARTS) is 1. The number of halogens is 2. The van der Waals surface area contributed by atoms with Gasteiger partial charge in [-0.3, -0.25) is 0 Å². The van der Waals surface area contributed by atoms with Gasteiger partial charge in [-0.05, 0) is 60.3 Å². The Kier molecular flexibility index (Phi) is 4.51. The van der Waals surface area contributed by atoms with Crippen molar-refractivity contribution in [1.29, 1.82) is 0 Å². The summed E-state index contributed by atoms with van der Waals surface area (Å²) in [5.41, 5.74) is -0.958. The zero-order valence-corrected chi connectivity index (χ0v) is 13.1. The molecule has 21 heavy (non-hydrogen) atoms. The van der Waals surface area contributed by atoms with E-state index in [0.29, 0.717) is 17.4 Å². The summed E-state index contributed by atoms with van der Waals surface area (Å²) in [5.74, 6) is -1.51. The summed E-state index contributed by atoms with van der Waals surface area (Å²) >= 11 is 3.22. The van der Waals surface area contributed by atoms with E-state index in [0.717, 1.165) is 12.8 Å². The second-order valence-electron chi connectivity index (χ2n) is 5.24. The highest BCUT2D eigenvalue weighted by Crippen LogP contribution is 2.30. The van der Waals surface area contributed by atoms with Crippen LogP contribution in [0.3, 0.4) is 0 Å². The Morgan fingerprint density at radius 3 is 2.81 bits per heavy atom. The van der Waals surface area contributed by atoms with E-state index in [1.807, 2.05) is 0 Å². The summed E-state index contributed by atoms with van der Waals surface area (Å²) < 4.78 is 13.8. The molecule has 1 aromatic carbocycles. The van der Waals surface area contributed by atoms with Crippen LogP contribution in [0.25, 0.3) is 0 Å². The Morgan fingerprint density at radius 2 is 2.14 bits per heavy atom. The van der Waals surface area contributed by atoms with Gasteiger partial charge in [-0.2, -0.15) is 0 Å². The summed E-state index contributed by atoms with van der Waals surface area (Å²) in [6, 6.07) is 3.40. The molecule has 0 bridgehead atoms. The lowest BCUT2D eigenvalue weighted by Gasteiger charge is -2.41. The van der Waals surface area contributed by atoms with Gasteiger partial charge in [0.05, 0.1) is 5.69 Å². The molecular weight excluding hydrogens is 343 g/mol. The predicted molar refractivity (Wildman–Crippen MR) is 79.7 cm³/mol. The lowest BCUT2D eigenvalue weighted by atomic mass is 9.89. The number of urea groups is 1. The largest absolute Gasteiger partial charge is 0.480 e. The number of carbonyl (C=O) groups is 2. The van der Waals surface area contributed by atoms with E-state index in [2.05, 4.69) is 21.2 Å². The molecule has 2 N–H and O–H groups in total. The van der Waals surface area contributed by atoms with Crippen LogP contribution in [0.2, 0.25) is 0 Å². The van der Waals surface area contributed by atoms with E-state index >= 15 is 0 Å². The zero-order chi connectivity index (χ0) is 15.6. The molecule has 2 amide bonds. The molecule has 0 aliphatic carbocycles. The maximum Gasteiger partial charge on any atom is 0.329 e. The summed E-state index contributed by atoms with van der Waals surface area (Å²) in [6.45, 7) is 1.90. The van der Waals surface area contributed by atoms with Gasteiger partial charge in [0, 0.05) is 11.0 Å². The highest BCUT2D eigenvalue weighted by molar-refractivity contribution is 9.10. The van der Waals surface area contributed by atoms with Gasteiger partial charge >= 0.3 is 12.0 Å². The summed E-state index contributed by atoms with van der Waals surface area (Å²) in [4.78, 5) is 25.1. The van der Waals surface area contributed by atoms with Crippen molar-refractivity contribution in [1.82, 2.24) is 4.90 Å². The minimum Gasteiger partial charge on any atom is -0.480 e. The molecule has 1 atom stereocenters. The van der Waals surface area contributed by atoms with Crippen LogP contribution in [0.15, 0.2) is 22.7 Å². The number of aliphatic carboxylic acids is 1. The molecule has 0 saturated carbocycles. The number of nitrogens with zero attached hydrogens (tertiary/aromatic N) is 1. The maximum atomic E-state index is 13.2. The van der Waals surface area contributed by atoms with Crippen LogP contribution < -0.4 is 5.32 Å². The molecule has 0 spiro atoms. The number of likely N-dealkylation sites (tertiary alicyclic amines) is 1. The Labute approximate surface area is 130 Å². The van der Waals surface area contributed by atoms with Gasteiger partial charge in [0.25, 0.3) is 0 Å². The molecule has 1 aliphatic rings. The molecular formula is C14H16BrFN2O3. The average Bonchev–Trinajstić information content (AvgIpc) is 2.43. The van der Waals surface area contributed by atoms with Crippen molar-refractivity contribution in [3.63, 3.8) is 0 Å². The van der Waals surface area contributed by atoms with Crippen LogP contribution in [0.5, 0.6) is 0 Å². The van der Waals surface area contributed by atoms with Crippen molar-refractivity contribution >= 4 is 33.6 Å². The fourth-order valence-electron chi connectivity index (χ4n) is 2.44. The molecule has 7 heteroatoms. The SMILES string of the molecule is CC1(C(=O)O)CCCCN1C(=O)Nc1cc(F)ccc1Br. The Hall–Kier alpha value is -1.63. The molecule has 5 nitrogen and oxygen atoms in total. The van der Waals surface area contributed by atoms with E-state index < -0.39 is 23.4 Å². The molecule has 1 saturated heterocycles. The first-order valence-electron chi connectivity index (χ1n) is 6.61. The number of benzene rings is 1. The van der Waals surface area contributed by atoms with Gasteiger partial charge in [0.15, 0.2) is 0 Å². The fraction of sp³-hybridized carbons (Fsp3) is 0.429. The second kappa shape index (κ2) is 6.01. The van der Waals surface area contributed by atoms with Gasteiger partial charge in [-0.25, -0.2) is 14.0 Å². The standard InChI is InChI=1S/C14H16BrFN2O3/c1-14(12(19)20)6-2-3-7-18(14)13(21)17-11-8-9(16)4-5-10(11)15/h4-5,8H,2-3,6-7H2,1H3,(H,17,21)(H,19,20). The van der Waals surface area contributed by atoms with Crippen LogP contribution in [0.4, 0.5) is 14.9 Å². The Bertz CT molecular complexity index is 581. The number of carbonyl (C=O) groups excluding carboxylic acids is 1. The minimum absolute atomic E-state index is 0.276. The third-order valence-corrected chi connectivity index (χ3v) is 4.46. The number of amides is 2. The molecule has 114 valence electrons. The molecule has 1 unspecified atom stereocenters. The van der Waals surface area contributed by atoms with E-state index in [1.165, 1.54) is 30.0 Å². The monoisotopic (exact) mass is 358 g/mol. The topological polar surface area (TPSA) is 69.6 Å². The first kappa shape index (κ1) is 15.8. The fourth-order valence-corrected chi connectivity index (χ4v) is 2.79. The first-order valence-corrected chi connectivity index (χ1v) is 7.41. The molecule has 1 aliphatic heterocycles. The second-order valence-corrected chi connectivity index (χ2v) is 6.10. The van der Waals surface area contributed by atoms with Crippen molar-refractivity contribution in [3.8, 4) is 0 Å². The summed E-state index contributed by atoms with van der Waals surface area (Å²) in [5, 5.41) is 12.0. The van der Waals surface area contributed by atoms with Gasteiger partial charge in [0.1, 0.15) is 11.4 Å². The molecule has 0 aromatic heterocycles. The van der Waals surface area contributed by atoms with Gasteiger partial charge in [-0.1, -0.05) is 0 Å². The van der Waals surface area contributed by atoms with Crippen LogP contribution >= 0.6 is 15.9 Å². The smallest absolute Gasteiger partial charge is 0.329 e. The third-order valence-electron chi connectivity index (χ3n) is 3.77. The van der Waals surface area contributed by atoms with E-state index in [1.54, 1.807) is 0 Å². The van der Waals surface area contributed by atoms with Gasteiger partial charge in [-0.15, -0.1) is 0 Å². The molecule has 1 fully saturated rings. The van der Waals surface area contributed by atoms with Crippen molar-refractivity contribution in [3.05, 3.63) is 28.5 Å². The highest BCUT2D eigenvalue weighted by Gasteiger charge is 2.44. The highest BCUT2D eigenvalue weighted by atomic mass is 79.9. The number of rotatable bonds is 2. The molecule has 1 heterocycles. The van der Waals surface area contributed by atoms with Crippen molar-refractivity contribution in [2.45, 2.75) is 31.7 Å². The van der Waals surface area contributed by atoms with E-state index in [4.69, 9.17) is 0 Å². The zero-order valence-electron chi connectivity index (χ0n) is 11.5. The lowest BCUT2D eigenvalue weighted by Crippen LogP contribution is -2.58. The number of nitrogens with one attached hydrogen (secondary N) is 1. The van der Waals surface area contributed by atoms with Gasteiger partial charge < -0.3 is 15.3 Å². The Balaban J connectivity index is 2.22. The number of hydrogen-bond acceptors (Lipinski definition) is 2. The van der Waals surface area contributed by atoms with Crippen LogP contribution in [0.1, 0.15) is 26.2 Å². The molecule has 1 aromatic rings.